The maximum Gasteiger partial charge on any atom is 0.318 e. The summed E-state index contributed by atoms with van der Waals surface area (Å²) in [5.41, 5.74) is -0.304. The zero-order chi connectivity index (χ0) is 13.0. The van der Waals surface area contributed by atoms with Crippen molar-refractivity contribution in [3.8, 4) is 0 Å². The summed E-state index contributed by atoms with van der Waals surface area (Å²) in [6.45, 7) is 5.69. The van der Waals surface area contributed by atoms with E-state index in [2.05, 4.69) is 9.72 Å². The van der Waals surface area contributed by atoms with Crippen LogP contribution in [0.5, 0.6) is 0 Å². The molecular formula is C11H16N2O3S. The highest BCUT2D eigenvalue weighted by molar-refractivity contribution is 8.00. The van der Waals surface area contributed by atoms with Gasteiger partial charge in [0.15, 0.2) is 5.16 Å². The average molecular weight is 256 g/mol. The molecule has 0 amide bonds. The molecule has 0 saturated carbocycles. The highest BCUT2D eigenvalue weighted by atomic mass is 32.2. The third-order valence-electron chi connectivity index (χ3n) is 2.18. The summed E-state index contributed by atoms with van der Waals surface area (Å²) in [7, 11) is 1.34. The van der Waals surface area contributed by atoms with E-state index in [0.717, 1.165) is 0 Å². The van der Waals surface area contributed by atoms with Crippen LogP contribution in [0.4, 0.5) is 0 Å². The van der Waals surface area contributed by atoms with Crippen LogP contribution in [0.25, 0.3) is 0 Å². The fourth-order valence-corrected chi connectivity index (χ4v) is 2.29. The summed E-state index contributed by atoms with van der Waals surface area (Å²) in [6.07, 6.45) is 1.69. The molecule has 0 aliphatic heterocycles. The lowest BCUT2D eigenvalue weighted by Gasteiger charge is -2.16. The van der Waals surface area contributed by atoms with Crippen molar-refractivity contribution in [1.82, 2.24) is 9.55 Å². The van der Waals surface area contributed by atoms with Crippen molar-refractivity contribution in [3.05, 3.63) is 22.6 Å². The second-order valence-electron chi connectivity index (χ2n) is 3.83. The molecular weight excluding hydrogens is 240 g/mol. The standard InChI is InChI=1S/C11H16N2O3S/c1-7(2)13-6-5-9(14)12-11(13)17-8(3)10(15)16-4/h5-8H,1-4H3/t8-/m1/s1. The molecule has 0 aromatic carbocycles. The second-order valence-corrected chi connectivity index (χ2v) is 5.14. The van der Waals surface area contributed by atoms with E-state index >= 15 is 0 Å². The molecule has 0 aliphatic carbocycles. The van der Waals surface area contributed by atoms with E-state index < -0.39 is 0 Å². The third-order valence-corrected chi connectivity index (χ3v) is 3.23. The molecule has 0 saturated heterocycles. The highest BCUT2D eigenvalue weighted by Gasteiger charge is 2.18. The SMILES string of the molecule is COC(=O)[C@@H](C)Sc1nc(=O)ccn1C(C)C. The number of thioether (sulfide) groups is 1. The van der Waals surface area contributed by atoms with Gasteiger partial charge in [0, 0.05) is 18.3 Å². The van der Waals surface area contributed by atoms with Gasteiger partial charge >= 0.3 is 5.97 Å². The van der Waals surface area contributed by atoms with Gasteiger partial charge in [-0.05, 0) is 20.8 Å². The van der Waals surface area contributed by atoms with Gasteiger partial charge in [0.2, 0.25) is 0 Å². The number of rotatable bonds is 4. The van der Waals surface area contributed by atoms with Crippen molar-refractivity contribution in [3.63, 3.8) is 0 Å². The number of methoxy groups -OCH3 is 1. The van der Waals surface area contributed by atoms with Crippen molar-refractivity contribution >= 4 is 17.7 Å². The molecule has 0 aliphatic rings. The van der Waals surface area contributed by atoms with Crippen molar-refractivity contribution in [1.29, 1.82) is 0 Å². The molecule has 1 rings (SSSR count). The average Bonchev–Trinajstić information content (AvgIpc) is 2.27. The Labute approximate surface area is 104 Å². The number of esters is 1. The van der Waals surface area contributed by atoms with Crippen LogP contribution < -0.4 is 5.56 Å². The monoisotopic (exact) mass is 256 g/mol. The Kier molecular flexibility index (Phi) is 4.74. The Morgan fingerprint density at radius 3 is 2.65 bits per heavy atom. The van der Waals surface area contributed by atoms with E-state index in [1.807, 2.05) is 18.4 Å². The lowest BCUT2D eigenvalue weighted by Crippen LogP contribution is -2.20. The van der Waals surface area contributed by atoms with E-state index in [-0.39, 0.29) is 22.8 Å². The van der Waals surface area contributed by atoms with Crippen molar-refractivity contribution in [2.24, 2.45) is 0 Å². The third kappa shape index (κ3) is 3.59. The summed E-state index contributed by atoms with van der Waals surface area (Å²) in [4.78, 5) is 26.5. The quantitative estimate of drug-likeness (QED) is 0.464. The number of aromatic nitrogens is 2. The van der Waals surface area contributed by atoms with E-state index in [4.69, 9.17) is 0 Å². The van der Waals surface area contributed by atoms with Crippen LogP contribution >= 0.6 is 11.8 Å². The molecule has 0 N–H and O–H groups in total. The number of carbonyl (C=O) groups excluding carboxylic acids is 1. The van der Waals surface area contributed by atoms with Crippen LogP contribution in [-0.4, -0.2) is 27.9 Å². The maximum absolute atomic E-state index is 11.3. The Hall–Kier alpha value is -1.30. The fraction of sp³-hybridized carbons (Fsp3) is 0.545. The zero-order valence-corrected chi connectivity index (χ0v) is 11.2. The topological polar surface area (TPSA) is 61.2 Å². The highest BCUT2D eigenvalue weighted by Crippen LogP contribution is 2.23. The maximum atomic E-state index is 11.3. The van der Waals surface area contributed by atoms with Gasteiger partial charge in [-0.2, -0.15) is 4.98 Å². The molecule has 1 aromatic rings. The number of hydrogen-bond acceptors (Lipinski definition) is 5. The first-order valence-electron chi connectivity index (χ1n) is 5.29. The van der Waals surface area contributed by atoms with Crippen LogP contribution in [-0.2, 0) is 9.53 Å². The predicted octanol–water partition coefficient (Wildman–Crippen LogP) is 1.48. The predicted molar refractivity (Wildman–Crippen MR) is 66.2 cm³/mol. The lowest BCUT2D eigenvalue weighted by molar-refractivity contribution is -0.139. The molecule has 0 unspecified atom stereocenters. The van der Waals surface area contributed by atoms with Crippen molar-refractivity contribution in [2.45, 2.75) is 37.2 Å². The molecule has 0 spiro atoms. The molecule has 17 heavy (non-hydrogen) atoms. The van der Waals surface area contributed by atoms with E-state index in [0.29, 0.717) is 5.16 Å². The molecule has 5 nitrogen and oxygen atoms in total. The van der Waals surface area contributed by atoms with E-state index in [1.165, 1.54) is 24.9 Å². The summed E-state index contributed by atoms with van der Waals surface area (Å²) in [5.74, 6) is -0.330. The number of carbonyl (C=O) groups is 1. The van der Waals surface area contributed by atoms with Crippen LogP contribution in [0.3, 0.4) is 0 Å². The molecule has 6 heteroatoms. The minimum Gasteiger partial charge on any atom is -0.468 e. The zero-order valence-electron chi connectivity index (χ0n) is 10.3. The largest absolute Gasteiger partial charge is 0.468 e. The van der Waals surface area contributed by atoms with Crippen molar-refractivity contribution < 1.29 is 9.53 Å². The van der Waals surface area contributed by atoms with Gasteiger partial charge < -0.3 is 9.30 Å². The summed E-state index contributed by atoms with van der Waals surface area (Å²) >= 11 is 1.22. The normalized spacial score (nSPS) is 12.5. The first-order valence-corrected chi connectivity index (χ1v) is 6.17. The molecule has 1 heterocycles. The smallest absolute Gasteiger partial charge is 0.318 e. The first-order chi connectivity index (χ1) is 7.95. The minimum atomic E-state index is -0.390. The molecule has 1 atom stereocenters. The number of nitrogens with zero attached hydrogens (tertiary/aromatic N) is 2. The summed E-state index contributed by atoms with van der Waals surface area (Å²) in [6, 6.07) is 1.59. The van der Waals surface area contributed by atoms with Crippen LogP contribution in [0.2, 0.25) is 0 Å². The van der Waals surface area contributed by atoms with E-state index in [9.17, 15) is 9.59 Å². The molecule has 1 aromatic heterocycles. The van der Waals surface area contributed by atoms with Crippen LogP contribution in [0.15, 0.2) is 22.2 Å². The molecule has 0 bridgehead atoms. The van der Waals surface area contributed by atoms with Gasteiger partial charge in [0.1, 0.15) is 5.25 Å². The van der Waals surface area contributed by atoms with Gasteiger partial charge in [-0.25, -0.2) is 0 Å². The van der Waals surface area contributed by atoms with E-state index in [1.54, 1.807) is 13.1 Å². The Morgan fingerprint density at radius 1 is 1.47 bits per heavy atom. The Morgan fingerprint density at radius 2 is 2.12 bits per heavy atom. The van der Waals surface area contributed by atoms with Gasteiger partial charge in [-0.15, -0.1) is 0 Å². The second kappa shape index (κ2) is 5.86. The molecule has 94 valence electrons. The summed E-state index contributed by atoms with van der Waals surface area (Å²) in [5, 5.41) is 0.143. The van der Waals surface area contributed by atoms with Crippen LogP contribution in [0.1, 0.15) is 26.8 Å². The summed E-state index contributed by atoms with van der Waals surface area (Å²) < 4.78 is 6.49. The van der Waals surface area contributed by atoms with Crippen LogP contribution in [0, 0.1) is 0 Å². The number of hydrogen-bond donors (Lipinski definition) is 0. The van der Waals surface area contributed by atoms with Gasteiger partial charge in [0.25, 0.3) is 5.56 Å². The Balaban J connectivity index is 3.00. The number of ether oxygens (including phenoxy) is 1. The molecule has 0 fully saturated rings. The lowest BCUT2D eigenvalue weighted by atomic mass is 10.4. The Bertz CT molecular complexity index is 456. The van der Waals surface area contributed by atoms with Crippen molar-refractivity contribution in [2.75, 3.05) is 7.11 Å². The fourth-order valence-electron chi connectivity index (χ4n) is 1.25. The minimum absolute atomic E-state index is 0.176. The van der Waals surface area contributed by atoms with Gasteiger partial charge in [0.05, 0.1) is 7.11 Å². The van der Waals surface area contributed by atoms with Gasteiger partial charge in [-0.3, -0.25) is 9.59 Å². The molecule has 0 radical (unpaired) electrons. The first kappa shape index (κ1) is 13.8. The van der Waals surface area contributed by atoms with Gasteiger partial charge in [-0.1, -0.05) is 11.8 Å².